The molecular weight excluding hydrogens is 209 g/mol. The predicted octanol–water partition coefficient (Wildman–Crippen LogP) is 2.96. The molecule has 2 nitrogen and oxygen atoms in total. The third-order valence-electron chi connectivity index (χ3n) is 1.82. The maximum atomic E-state index is 12.2. The Balaban J connectivity index is 3.00. The standard InChI is InChI=1S/C10H7F3O2/c1-6(10(11,12)13)7-2-4-8(5-3-7)9(14)15/h2-5H,1H2,(H,14,15). The number of carbonyl (C=O) groups is 1. The van der Waals surface area contributed by atoms with Crippen LogP contribution in [0, 0.1) is 0 Å². The molecule has 80 valence electrons. The molecule has 0 aliphatic heterocycles. The summed E-state index contributed by atoms with van der Waals surface area (Å²) >= 11 is 0. The fourth-order valence-corrected chi connectivity index (χ4v) is 0.978. The first kappa shape index (κ1) is 11.3. The van der Waals surface area contributed by atoms with Crippen LogP contribution < -0.4 is 0 Å². The topological polar surface area (TPSA) is 37.3 Å². The molecule has 0 aromatic heterocycles. The molecule has 1 aromatic rings. The first-order valence-electron chi connectivity index (χ1n) is 3.92. The van der Waals surface area contributed by atoms with Gasteiger partial charge in [-0.05, 0) is 17.7 Å². The van der Waals surface area contributed by atoms with Crippen molar-refractivity contribution in [3.63, 3.8) is 0 Å². The van der Waals surface area contributed by atoms with Gasteiger partial charge in [0.2, 0.25) is 0 Å². The Morgan fingerprint density at radius 2 is 1.53 bits per heavy atom. The van der Waals surface area contributed by atoms with E-state index in [2.05, 4.69) is 6.58 Å². The van der Waals surface area contributed by atoms with Gasteiger partial charge in [0.25, 0.3) is 0 Å². The Hall–Kier alpha value is -1.78. The number of hydrogen-bond acceptors (Lipinski definition) is 1. The minimum absolute atomic E-state index is 0.0614. The largest absolute Gasteiger partial charge is 0.478 e. The number of carboxylic acid groups (broad SMARTS) is 1. The number of rotatable bonds is 2. The van der Waals surface area contributed by atoms with Crippen LogP contribution in [0.3, 0.4) is 0 Å². The van der Waals surface area contributed by atoms with Crippen LogP contribution >= 0.6 is 0 Å². The first-order chi connectivity index (χ1) is 6.82. The third kappa shape index (κ3) is 2.59. The summed E-state index contributed by atoms with van der Waals surface area (Å²) in [4.78, 5) is 10.4. The van der Waals surface area contributed by atoms with Crippen molar-refractivity contribution in [1.29, 1.82) is 0 Å². The van der Waals surface area contributed by atoms with Crippen molar-refractivity contribution in [1.82, 2.24) is 0 Å². The van der Waals surface area contributed by atoms with Crippen molar-refractivity contribution in [2.45, 2.75) is 6.18 Å². The lowest BCUT2D eigenvalue weighted by Crippen LogP contribution is -2.09. The molecule has 0 bridgehead atoms. The number of aromatic carboxylic acids is 1. The molecule has 0 radical (unpaired) electrons. The average Bonchev–Trinajstić information content (AvgIpc) is 2.15. The zero-order valence-corrected chi connectivity index (χ0v) is 7.51. The third-order valence-corrected chi connectivity index (χ3v) is 1.82. The second-order valence-corrected chi connectivity index (χ2v) is 2.86. The summed E-state index contributed by atoms with van der Waals surface area (Å²) in [7, 11) is 0. The second-order valence-electron chi connectivity index (χ2n) is 2.86. The normalized spacial score (nSPS) is 11.1. The molecule has 0 heterocycles. The number of hydrogen-bond donors (Lipinski definition) is 1. The molecule has 0 aliphatic carbocycles. The molecule has 5 heteroatoms. The van der Waals surface area contributed by atoms with Gasteiger partial charge in [-0.3, -0.25) is 0 Å². The lowest BCUT2D eigenvalue weighted by molar-refractivity contribution is -0.0686. The van der Waals surface area contributed by atoms with Gasteiger partial charge in [0.15, 0.2) is 0 Å². The summed E-state index contributed by atoms with van der Waals surface area (Å²) < 4.78 is 36.5. The maximum absolute atomic E-state index is 12.2. The number of alkyl halides is 3. The zero-order chi connectivity index (χ0) is 11.6. The Morgan fingerprint density at radius 1 is 1.13 bits per heavy atom. The van der Waals surface area contributed by atoms with Gasteiger partial charge in [0.05, 0.1) is 11.1 Å². The molecule has 0 amide bonds. The van der Waals surface area contributed by atoms with Crippen LogP contribution in [-0.2, 0) is 0 Å². The van der Waals surface area contributed by atoms with Crippen LogP contribution in [0.25, 0.3) is 5.57 Å². The van der Waals surface area contributed by atoms with Crippen molar-refractivity contribution >= 4 is 11.5 Å². The van der Waals surface area contributed by atoms with Crippen LogP contribution in [0.4, 0.5) is 13.2 Å². The first-order valence-corrected chi connectivity index (χ1v) is 3.92. The lowest BCUT2D eigenvalue weighted by atomic mass is 10.1. The van der Waals surface area contributed by atoms with Crippen molar-refractivity contribution < 1.29 is 23.1 Å². The molecule has 0 fully saturated rings. The Kier molecular flexibility index (Phi) is 2.83. The predicted molar refractivity (Wildman–Crippen MR) is 48.5 cm³/mol. The zero-order valence-electron chi connectivity index (χ0n) is 7.51. The van der Waals surface area contributed by atoms with E-state index < -0.39 is 17.7 Å². The molecule has 1 aromatic carbocycles. The Bertz CT molecular complexity index is 390. The van der Waals surface area contributed by atoms with E-state index in [1.54, 1.807) is 0 Å². The van der Waals surface area contributed by atoms with Crippen molar-refractivity contribution in [2.24, 2.45) is 0 Å². The van der Waals surface area contributed by atoms with Gasteiger partial charge < -0.3 is 5.11 Å². The summed E-state index contributed by atoms with van der Waals surface area (Å²) in [6, 6.07) is 4.38. The van der Waals surface area contributed by atoms with E-state index in [-0.39, 0.29) is 11.1 Å². The van der Waals surface area contributed by atoms with E-state index in [0.717, 1.165) is 24.3 Å². The van der Waals surface area contributed by atoms with Gasteiger partial charge >= 0.3 is 12.1 Å². The fourth-order valence-electron chi connectivity index (χ4n) is 0.978. The van der Waals surface area contributed by atoms with Crippen molar-refractivity contribution in [3.05, 3.63) is 42.0 Å². The molecule has 1 N–H and O–H groups in total. The molecular formula is C10H7F3O2. The highest BCUT2D eigenvalue weighted by molar-refractivity contribution is 5.88. The van der Waals surface area contributed by atoms with E-state index in [1.807, 2.05) is 0 Å². The molecule has 0 unspecified atom stereocenters. The Morgan fingerprint density at radius 3 is 1.87 bits per heavy atom. The maximum Gasteiger partial charge on any atom is 0.416 e. The highest BCUT2D eigenvalue weighted by atomic mass is 19.4. The monoisotopic (exact) mass is 216 g/mol. The summed E-state index contributed by atoms with van der Waals surface area (Å²) in [6.45, 7) is 2.90. The highest BCUT2D eigenvalue weighted by Gasteiger charge is 2.32. The quantitative estimate of drug-likeness (QED) is 0.825. The minimum atomic E-state index is -4.50. The average molecular weight is 216 g/mol. The van der Waals surface area contributed by atoms with Crippen LogP contribution in [-0.4, -0.2) is 17.3 Å². The molecule has 0 atom stereocenters. The summed E-state index contributed by atoms with van der Waals surface area (Å²) in [5, 5.41) is 8.53. The summed E-state index contributed by atoms with van der Waals surface area (Å²) in [5.74, 6) is -1.18. The molecule has 0 aliphatic rings. The van der Waals surface area contributed by atoms with E-state index in [1.165, 1.54) is 0 Å². The molecule has 0 saturated carbocycles. The smallest absolute Gasteiger partial charge is 0.416 e. The SMILES string of the molecule is C=C(c1ccc(C(=O)O)cc1)C(F)(F)F. The lowest BCUT2D eigenvalue weighted by Gasteiger charge is -2.09. The molecule has 1 rings (SSSR count). The van der Waals surface area contributed by atoms with Crippen LogP contribution in [0.2, 0.25) is 0 Å². The van der Waals surface area contributed by atoms with Gasteiger partial charge in [0, 0.05) is 0 Å². The van der Waals surface area contributed by atoms with E-state index in [4.69, 9.17) is 5.11 Å². The number of halogens is 3. The van der Waals surface area contributed by atoms with Crippen molar-refractivity contribution in [3.8, 4) is 0 Å². The van der Waals surface area contributed by atoms with Gasteiger partial charge in [0.1, 0.15) is 0 Å². The van der Waals surface area contributed by atoms with Crippen LogP contribution in [0.15, 0.2) is 30.8 Å². The van der Waals surface area contributed by atoms with Crippen molar-refractivity contribution in [2.75, 3.05) is 0 Å². The van der Waals surface area contributed by atoms with E-state index in [9.17, 15) is 18.0 Å². The highest BCUT2D eigenvalue weighted by Crippen LogP contribution is 2.32. The summed E-state index contributed by atoms with van der Waals surface area (Å²) in [6.07, 6.45) is -4.50. The molecule has 0 spiro atoms. The van der Waals surface area contributed by atoms with E-state index >= 15 is 0 Å². The van der Waals surface area contributed by atoms with Gasteiger partial charge in [-0.25, -0.2) is 4.79 Å². The van der Waals surface area contributed by atoms with Crippen LogP contribution in [0.5, 0.6) is 0 Å². The Labute approximate surface area is 83.7 Å². The number of carboxylic acids is 1. The summed E-state index contributed by atoms with van der Waals surface area (Å²) in [5.41, 5.74) is -1.18. The van der Waals surface area contributed by atoms with Crippen LogP contribution in [0.1, 0.15) is 15.9 Å². The van der Waals surface area contributed by atoms with E-state index in [0.29, 0.717) is 0 Å². The fraction of sp³-hybridized carbons (Fsp3) is 0.100. The number of benzene rings is 1. The van der Waals surface area contributed by atoms with Gasteiger partial charge in [-0.2, -0.15) is 13.2 Å². The minimum Gasteiger partial charge on any atom is -0.478 e. The number of allylic oxidation sites excluding steroid dienone is 1. The molecule has 0 saturated heterocycles. The van der Waals surface area contributed by atoms with Gasteiger partial charge in [-0.1, -0.05) is 18.7 Å². The molecule has 15 heavy (non-hydrogen) atoms. The van der Waals surface area contributed by atoms with Gasteiger partial charge in [-0.15, -0.1) is 0 Å². The second kappa shape index (κ2) is 3.76.